The molecule has 0 aliphatic carbocycles. The molecule has 37 heavy (non-hydrogen) atoms. The molecule has 1 atom stereocenters. The Bertz CT molecular complexity index is 1530. The van der Waals surface area contributed by atoms with Gasteiger partial charge in [-0.3, -0.25) is 4.68 Å². The van der Waals surface area contributed by atoms with Crippen molar-refractivity contribution < 1.29 is 9.50 Å². The molecule has 0 radical (unpaired) electrons. The summed E-state index contributed by atoms with van der Waals surface area (Å²) < 4.78 is 17.0. The molecule has 1 aliphatic heterocycles. The van der Waals surface area contributed by atoms with Crippen LogP contribution in [0.2, 0.25) is 0 Å². The molecule has 6 rings (SSSR count). The molecule has 1 fully saturated rings. The topological polar surface area (TPSA) is 87.6 Å². The molecule has 9 nitrogen and oxygen atoms in total. The van der Waals surface area contributed by atoms with E-state index in [-0.39, 0.29) is 5.82 Å². The normalized spacial score (nSPS) is 15.8. The van der Waals surface area contributed by atoms with Gasteiger partial charge in [0.15, 0.2) is 0 Å². The fourth-order valence-corrected chi connectivity index (χ4v) is 4.78. The van der Waals surface area contributed by atoms with Crippen molar-refractivity contribution in [3.05, 3.63) is 90.5 Å². The van der Waals surface area contributed by atoms with Crippen LogP contribution in [0, 0.1) is 5.82 Å². The molecule has 1 saturated heterocycles. The molecule has 0 saturated carbocycles. The van der Waals surface area contributed by atoms with Crippen LogP contribution in [0.3, 0.4) is 0 Å². The van der Waals surface area contributed by atoms with Gasteiger partial charge >= 0.3 is 0 Å². The molecule has 4 aromatic heterocycles. The first-order valence-corrected chi connectivity index (χ1v) is 12.2. The highest BCUT2D eigenvalue weighted by Crippen LogP contribution is 2.30. The number of aromatic nitrogens is 6. The minimum absolute atomic E-state index is 0.344. The van der Waals surface area contributed by atoms with E-state index in [4.69, 9.17) is 0 Å². The molecule has 1 unspecified atom stereocenters. The number of anilines is 2. The number of hydrogen-bond acceptors (Lipinski definition) is 7. The maximum absolute atomic E-state index is 13.3. The minimum atomic E-state index is -1.31. The third-order valence-corrected chi connectivity index (χ3v) is 7.04. The molecule has 188 valence electrons. The average Bonchev–Trinajstić information content (AvgIpc) is 3.55. The number of nitrogens with zero attached hydrogens (tertiary/aromatic N) is 8. The van der Waals surface area contributed by atoms with Crippen molar-refractivity contribution in [3.63, 3.8) is 0 Å². The summed E-state index contributed by atoms with van der Waals surface area (Å²) >= 11 is 0. The van der Waals surface area contributed by atoms with Crippen LogP contribution in [0.15, 0.2) is 73.6 Å². The van der Waals surface area contributed by atoms with Crippen LogP contribution in [-0.2, 0) is 12.6 Å². The third kappa shape index (κ3) is 4.29. The molecular formula is C27H27FN8O. The number of hydrogen-bond donors (Lipinski definition) is 1. The van der Waals surface area contributed by atoms with Gasteiger partial charge in [0.2, 0.25) is 5.95 Å². The molecule has 0 amide bonds. The second-order valence-corrected chi connectivity index (χ2v) is 9.51. The summed E-state index contributed by atoms with van der Waals surface area (Å²) in [5.74, 6) is 0.281. The lowest BCUT2D eigenvalue weighted by molar-refractivity contribution is 0.101. The van der Waals surface area contributed by atoms with Gasteiger partial charge in [0.05, 0.1) is 23.6 Å². The molecule has 0 bridgehead atoms. The second kappa shape index (κ2) is 8.97. The Kier molecular flexibility index (Phi) is 5.60. The monoisotopic (exact) mass is 498 g/mol. The first kappa shape index (κ1) is 23.1. The van der Waals surface area contributed by atoms with Crippen LogP contribution in [0.1, 0.15) is 18.1 Å². The Morgan fingerprint density at radius 1 is 0.784 bits per heavy atom. The molecule has 1 N–H and O–H groups in total. The quantitative estimate of drug-likeness (QED) is 0.398. The number of benzene rings is 1. The van der Waals surface area contributed by atoms with E-state index in [2.05, 4.69) is 42.1 Å². The average molecular weight is 499 g/mol. The summed E-state index contributed by atoms with van der Waals surface area (Å²) in [4.78, 5) is 13.5. The minimum Gasteiger partial charge on any atom is -0.381 e. The fraction of sp³-hybridized carbons (Fsp3) is 0.259. The Hall–Kier alpha value is -4.31. The molecule has 0 spiro atoms. The summed E-state index contributed by atoms with van der Waals surface area (Å²) in [5.41, 5.74) is 4.11. The van der Waals surface area contributed by atoms with Gasteiger partial charge in [-0.15, -0.1) is 0 Å². The maximum Gasteiger partial charge on any atom is 0.225 e. The Labute approximate surface area is 213 Å². The lowest BCUT2D eigenvalue weighted by atomic mass is 9.90. The van der Waals surface area contributed by atoms with Crippen LogP contribution in [-0.4, -0.2) is 60.6 Å². The van der Waals surface area contributed by atoms with Crippen molar-refractivity contribution in [2.24, 2.45) is 7.05 Å². The van der Waals surface area contributed by atoms with Crippen molar-refractivity contribution in [1.29, 1.82) is 0 Å². The number of aryl methyl sites for hydroxylation is 1. The van der Waals surface area contributed by atoms with E-state index in [0.29, 0.717) is 17.1 Å². The molecular weight excluding hydrogens is 471 g/mol. The van der Waals surface area contributed by atoms with Crippen molar-refractivity contribution in [3.8, 4) is 11.1 Å². The molecule has 1 aliphatic rings. The predicted molar refractivity (Wildman–Crippen MR) is 139 cm³/mol. The molecule has 5 heterocycles. The van der Waals surface area contributed by atoms with Crippen LogP contribution < -0.4 is 9.80 Å². The Balaban J connectivity index is 1.14. The highest BCUT2D eigenvalue weighted by Gasteiger charge is 2.28. The van der Waals surface area contributed by atoms with E-state index in [9.17, 15) is 9.50 Å². The van der Waals surface area contributed by atoms with Gasteiger partial charge in [-0.25, -0.2) is 18.9 Å². The summed E-state index contributed by atoms with van der Waals surface area (Å²) in [6, 6.07) is 10.0. The highest BCUT2D eigenvalue weighted by atomic mass is 19.1. The van der Waals surface area contributed by atoms with Crippen LogP contribution in [0.4, 0.5) is 16.0 Å². The lowest BCUT2D eigenvalue weighted by Crippen LogP contribution is -2.47. The van der Waals surface area contributed by atoms with Gasteiger partial charge in [0.1, 0.15) is 11.4 Å². The van der Waals surface area contributed by atoms with E-state index in [0.717, 1.165) is 48.5 Å². The van der Waals surface area contributed by atoms with E-state index < -0.39 is 5.60 Å². The number of fused-ring (bicyclic) bond motifs is 1. The van der Waals surface area contributed by atoms with Crippen molar-refractivity contribution in [2.75, 3.05) is 36.0 Å². The number of piperazine rings is 1. The lowest BCUT2D eigenvalue weighted by Gasteiger charge is -2.35. The number of rotatable bonds is 5. The van der Waals surface area contributed by atoms with E-state index in [1.54, 1.807) is 36.1 Å². The van der Waals surface area contributed by atoms with Gasteiger partial charge in [-0.2, -0.15) is 10.2 Å². The molecule has 10 heteroatoms. The van der Waals surface area contributed by atoms with Gasteiger partial charge in [0.25, 0.3) is 0 Å². The molecule has 5 aromatic rings. The van der Waals surface area contributed by atoms with Gasteiger partial charge in [-0.1, -0.05) is 18.2 Å². The first-order valence-electron chi connectivity index (χ1n) is 12.2. The van der Waals surface area contributed by atoms with Crippen molar-refractivity contribution in [2.45, 2.75) is 12.5 Å². The zero-order chi connectivity index (χ0) is 25.6. The largest absolute Gasteiger partial charge is 0.381 e. The van der Waals surface area contributed by atoms with Gasteiger partial charge < -0.3 is 14.9 Å². The van der Waals surface area contributed by atoms with E-state index >= 15 is 0 Å². The van der Waals surface area contributed by atoms with Crippen LogP contribution in [0.25, 0.3) is 16.6 Å². The van der Waals surface area contributed by atoms with E-state index in [1.165, 1.54) is 12.1 Å². The summed E-state index contributed by atoms with van der Waals surface area (Å²) in [6.45, 7) is 4.80. The van der Waals surface area contributed by atoms with Crippen molar-refractivity contribution >= 4 is 17.2 Å². The number of aliphatic hydroxyl groups is 1. The summed E-state index contributed by atoms with van der Waals surface area (Å²) in [6.07, 6.45) is 11.1. The molecule has 1 aromatic carbocycles. The zero-order valence-corrected chi connectivity index (χ0v) is 20.7. The summed E-state index contributed by atoms with van der Waals surface area (Å²) in [5, 5.41) is 19.9. The van der Waals surface area contributed by atoms with Crippen LogP contribution in [0.5, 0.6) is 0 Å². The second-order valence-electron chi connectivity index (χ2n) is 9.51. The highest BCUT2D eigenvalue weighted by molar-refractivity contribution is 5.75. The number of halogens is 1. The first-order chi connectivity index (χ1) is 17.9. The fourth-order valence-electron chi connectivity index (χ4n) is 4.78. The summed E-state index contributed by atoms with van der Waals surface area (Å²) in [7, 11) is 1.91. The SMILES string of the molecule is Cn1cc(-c2ccc3c(N4CCN(c5ncc(C(C)(O)c6ccc(F)cc6)cn5)CC4)cnn3c2)cn1. The standard InChI is InChI=1S/C27H27FN8O/c1-27(37,21-4-6-23(28)7-5-21)22-14-29-26(30-15-22)35-11-9-34(10-12-35)25-16-32-36-18-19(3-8-24(25)36)20-13-31-33(2)17-20/h3-8,13-18,37H,9-12H2,1-2H3. The number of pyridine rings is 1. The smallest absolute Gasteiger partial charge is 0.225 e. The Morgan fingerprint density at radius 2 is 1.49 bits per heavy atom. The van der Waals surface area contributed by atoms with Gasteiger partial charge in [-0.05, 0) is 30.7 Å². The third-order valence-electron chi connectivity index (χ3n) is 7.04. The van der Waals surface area contributed by atoms with E-state index in [1.807, 2.05) is 36.4 Å². The maximum atomic E-state index is 13.3. The van der Waals surface area contributed by atoms with Crippen molar-refractivity contribution in [1.82, 2.24) is 29.4 Å². The Morgan fingerprint density at radius 3 is 2.16 bits per heavy atom. The van der Waals surface area contributed by atoms with Crippen LogP contribution >= 0.6 is 0 Å². The zero-order valence-electron chi connectivity index (χ0n) is 20.7. The van der Waals surface area contributed by atoms with Gasteiger partial charge in [0, 0.05) is 74.7 Å². The predicted octanol–water partition coefficient (Wildman–Crippen LogP) is 3.25.